The van der Waals surface area contributed by atoms with Crippen molar-refractivity contribution in [2.24, 2.45) is 0 Å². The number of hydrogen-bond donors (Lipinski definition) is 1. The number of halogens is 1. The van der Waals surface area contributed by atoms with Crippen LogP contribution in [0, 0.1) is 6.92 Å². The van der Waals surface area contributed by atoms with Crippen LogP contribution in [0.3, 0.4) is 0 Å². The third-order valence-corrected chi connectivity index (χ3v) is 3.46. The standard InChI is InChI=1S/C13H19BrN2O/c1-9-5-6-11(12(14)7-9)13(17)15-8-10(2)16(3)4/h5-7,10H,8H2,1-4H3,(H,15,17). The van der Waals surface area contributed by atoms with Gasteiger partial charge in [0.15, 0.2) is 0 Å². The van der Waals surface area contributed by atoms with Gasteiger partial charge in [-0.25, -0.2) is 0 Å². The molecule has 1 aromatic rings. The van der Waals surface area contributed by atoms with Crippen molar-refractivity contribution in [3.8, 4) is 0 Å². The van der Waals surface area contributed by atoms with Gasteiger partial charge in [-0.3, -0.25) is 4.79 Å². The zero-order chi connectivity index (χ0) is 13.0. The Bertz CT molecular complexity index is 404. The molecule has 0 aliphatic carbocycles. The number of aryl methyl sites for hydroxylation is 1. The van der Waals surface area contributed by atoms with E-state index in [9.17, 15) is 4.79 Å². The largest absolute Gasteiger partial charge is 0.350 e. The van der Waals surface area contributed by atoms with E-state index in [1.165, 1.54) is 0 Å². The van der Waals surface area contributed by atoms with Crippen LogP contribution in [0.25, 0.3) is 0 Å². The highest BCUT2D eigenvalue weighted by atomic mass is 79.9. The first kappa shape index (κ1) is 14.2. The number of carbonyl (C=O) groups excluding carboxylic acids is 1. The van der Waals surface area contributed by atoms with E-state index in [2.05, 4.69) is 33.1 Å². The highest BCUT2D eigenvalue weighted by Crippen LogP contribution is 2.18. The lowest BCUT2D eigenvalue weighted by atomic mass is 10.1. The Labute approximate surface area is 111 Å². The van der Waals surface area contributed by atoms with E-state index in [-0.39, 0.29) is 5.91 Å². The quantitative estimate of drug-likeness (QED) is 0.926. The minimum absolute atomic E-state index is 0.0365. The van der Waals surface area contributed by atoms with E-state index >= 15 is 0 Å². The molecule has 1 atom stereocenters. The molecule has 1 N–H and O–H groups in total. The summed E-state index contributed by atoms with van der Waals surface area (Å²) in [6.07, 6.45) is 0. The Morgan fingerprint density at radius 2 is 2.12 bits per heavy atom. The molecule has 1 unspecified atom stereocenters. The van der Waals surface area contributed by atoms with E-state index < -0.39 is 0 Å². The molecule has 3 nitrogen and oxygen atoms in total. The van der Waals surface area contributed by atoms with Crippen molar-refractivity contribution in [3.05, 3.63) is 33.8 Å². The Morgan fingerprint density at radius 1 is 1.47 bits per heavy atom. The fraction of sp³-hybridized carbons (Fsp3) is 0.462. The van der Waals surface area contributed by atoms with Crippen molar-refractivity contribution >= 4 is 21.8 Å². The van der Waals surface area contributed by atoms with Crippen LogP contribution in [0.1, 0.15) is 22.8 Å². The molecule has 1 aromatic carbocycles. The smallest absolute Gasteiger partial charge is 0.252 e. The van der Waals surface area contributed by atoms with Crippen molar-refractivity contribution in [2.45, 2.75) is 19.9 Å². The Hall–Kier alpha value is -0.870. The summed E-state index contributed by atoms with van der Waals surface area (Å²) in [4.78, 5) is 14.0. The molecule has 0 aliphatic heterocycles. The molecule has 0 bridgehead atoms. The fourth-order valence-electron chi connectivity index (χ4n) is 1.32. The first-order chi connectivity index (χ1) is 7.91. The highest BCUT2D eigenvalue weighted by molar-refractivity contribution is 9.10. The third kappa shape index (κ3) is 4.13. The van der Waals surface area contributed by atoms with Gasteiger partial charge in [-0.2, -0.15) is 0 Å². The summed E-state index contributed by atoms with van der Waals surface area (Å²) < 4.78 is 0.840. The van der Waals surface area contributed by atoms with E-state index in [4.69, 9.17) is 0 Å². The van der Waals surface area contributed by atoms with Crippen LogP contribution in [0.4, 0.5) is 0 Å². The second kappa shape index (κ2) is 6.17. The molecule has 17 heavy (non-hydrogen) atoms. The lowest BCUT2D eigenvalue weighted by Gasteiger charge is -2.20. The van der Waals surface area contributed by atoms with Gasteiger partial charge < -0.3 is 10.2 Å². The normalized spacial score (nSPS) is 12.6. The van der Waals surface area contributed by atoms with Gasteiger partial charge in [0.2, 0.25) is 0 Å². The van der Waals surface area contributed by atoms with E-state index in [0.717, 1.165) is 10.0 Å². The van der Waals surface area contributed by atoms with E-state index in [1.54, 1.807) is 0 Å². The summed E-state index contributed by atoms with van der Waals surface area (Å²) in [6, 6.07) is 6.05. The maximum Gasteiger partial charge on any atom is 0.252 e. The molecule has 0 spiro atoms. The second-order valence-corrected chi connectivity index (χ2v) is 5.36. The van der Waals surface area contributed by atoms with Crippen molar-refractivity contribution in [1.29, 1.82) is 0 Å². The predicted octanol–water partition coefficient (Wildman–Crippen LogP) is 2.44. The zero-order valence-corrected chi connectivity index (χ0v) is 12.3. The van der Waals surface area contributed by atoms with Gasteiger partial charge in [-0.05, 0) is 61.6 Å². The van der Waals surface area contributed by atoms with Crippen molar-refractivity contribution in [2.75, 3.05) is 20.6 Å². The third-order valence-electron chi connectivity index (χ3n) is 2.81. The molecule has 0 aromatic heterocycles. The summed E-state index contributed by atoms with van der Waals surface area (Å²) in [5.74, 6) is -0.0365. The Kier molecular flexibility index (Phi) is 5.15. The monoisotopic (exact) mass is 298 g/mol. The molecular weight excluding hydrogens is 280 g/mol. The number of hydrogen-bond acceptors (Lipinski definition) is 2. The summed E-state index contributed by atoms with van der Waals surface area (Å²) in [5, 5.41) is 2.93. The van der Waals surface area contributed by atoms with Crippen molar-refractivity contribution in [1.82, 2.24) is 10.2 Å². The van der Waals surface area contributed by atoms with Crippen LogP contribution in [-0.2, 0) is 0 Å². The fourth-order valence-corrected chi connectivity index (χ4v) is 2.00. The number of carbonyl (C=O) groups is 1. The number of nitrogens with one attached hydrogen (secondary N) is 1. The van der Waals surface area contributed by atoms with Crippen molar-refractivity contribution in [3.63, 3.8) is 0 Å². The van der Waals surface area contributed by atoms with Gasteiger partial charge in [-0.1, -0.05) is 6.07 Å². The van der Waals surface area contributed by atoms with Crippen LogP contribution in [0.5, 0.6) is 0 Å². The molecule has 0 saturated carbocycles. The SMILES string of the molecule is Cc1ccc(C(=O)NCC(C)N(C)C)c(Br)c1. The van der Waals surface area contributed by atoms with Crippen LogP contribution in [0.15, 0.2) is 22.7 Å². The van der Waals surface area contributed by atoms with Gasteiger partial charge in [0.05, 0.1) is 5.56 Å². The summed E-state index contributed by atoms with van der Waals surface area (Å²) in [6.45, 7) is 4.72. The Balaban J connectivity index is 2.64. The first-order valence-corrected chi connectivity index (χ1v) is 6.42. The predicted molar refractivity (Wildman–Crippen MR) is 74.4 cm³/mol. The Morgan fingerprint density at radius 3 is 2.65 bits per heavy atom. The molecule has 1 rings (SSSR count). The number of likely N-dealkylation sites (N-methyl/N-ethyl adjacent to an activating group) is 1. The number of nitrogens with zero attached hydrogens (tertiary/aromatic N) is 1. The first-order valence-electron chi connectivity index (χ1n) is 5.62. The molecule has 4 heteroatoms. The lowest BCUT2D eigenvalue weighted by molar-refractivity contribution is 0.0943. The molecule has 94 valence electrons. The molecular formula is C13H19BrN2O. The average molecular weight is 299 g/mol. The highest BCUT2D eigenvalue weighted by Gasteiger charge is 2.11. The topological polar surface area (TPSA) is 32.3 Å². The minimum atomic E-state index is -0.0365. The maximum absolute atomic E-state index is 11.9. The molecule has 0 saturated heterocycles. The summed E-state index contributed by atoms with van der Waals surface area (Å²) in [5.41, 5.74) is 1.82. The maximum atomic E-state index is 11.9. The van der Waals surface area contributed by atoms with Gasteiger partial charge in [-0.15, -0.1) is 0 Å². The zero-order valence-electron chi connectivity index (χ0n) is 10.7. The van der Waals surface area contributed by atoms with Crippen LogP contribution < -0.4 is 5.32 Å². The number of benzene rings is 1. The van der Waals surface area contributed by atoms with E-state index in [0.29, 0.717) is 18.2 Å². The molecule has 1 amide bonds. The molecule has 0 aliphatic rings. The van der Waals surface area contributed by atoms with Gasteiger partial charge in [0.1, 0.15) is 0 Å². The number of amides is 1. The minimum Gasteiger partial charge on any atom is -0.350 e. The van der Waals surface area contributed by atoms with Gasteiger partial charge in [0, 0.05) is 17.1 Å². The summed E-state index contributed by atoms with van der Waals surface area (Å²) in [7, 11) is 4.00. The van der Waals surface area contributed by atoms with Crippen LogP contribution in [-0.4, -0.2) is 37.5 Å². The van der Waals surface area contributed by atoms with E-state index in [1.807, 2.05) is 39.2 Å². The second-order valence-electron chi connectivity index (χ2n) is 4.51. The average Bonchev–Trinajstić information content (AvgIpc) is 2.25. The van der Waals surface area contributed by atoms with Crippen molar-refractivity contribution < 1.29 is 4.79 Å². The molecule has 0 radical (unpaired) electrons. The van der Waals surface area contributed by atoms with Gasteiger partial charge >= 0.3 is 0 Å². The van der Waals surface area contributed by atoms with Crippen LogP contribution >= 0.6 is 15.9 Å². The lowest BCUT2D eigenvalue weighted by Crippen LogP contribution is -2.38. The summed E-state index contributed by atoms with van der Waals surface area (Å²) >= 11 is 3.41. The van der Waals surface area contributed by atoms with Crippen LogP contribution in [0.2, 0.25) is 0 Å². The molecule has 0 heterocycles. The van der Waals surface area contributed by atoms with Gasteiger partial charge in [0.25, 0.3) is 5.91 Å². The number of rotatable bonds is 4. The molecule has 0 fully saturated rings.